The monoisotopic (exact) mass is 430 g/mol. The van der Waals surface area contributed by atoms with Gasteiger partial charge in [0.05, 0.1) is 16.2 Å². The van der Waals surface area contributed by atoms with E-state index in [4.69, 9.17) is 0 Å². The molecule has 0 radical (unpaired) electrons. The number of benzene rings is 3. The van der Waals surface area contributed by atoms with Crippen LogP contribution in [0.2, 0.25) is 0 Å². The second-order valence-corrected chi connectivity index (χ2v) is 6.76. The number of para-hydroxylation sites is 1. The number of hydrogen-bond donors (Lipinski definition) is 3. The Balaban J connectivity index is 1.54. The van der Waals surface area contributed by atoms with E-state index in [1.165, 1.54) is 22.9 Å². The van der Waals surface area contributed by atoms with Crippen molar-refractivity contribution < 1.29 is 9.72 Å². The molecule has 0 spiro atoms. The lowest BCUT2D eigenvalue weighted by Gasteiger charge is -2.12. The molecule has 3 aromatic carbocycles. The Kier molecular flexibility index (Phi) is 5.70. The van der Waals surface area contributed by atoms with Gasteiger partial charge in [-0.25, -0.2) is 4.68 Å². The Morgan fingerprint density at radius 2 is 1.62 bits per heavy atom. The third-order valence-corrected chi connectivity index (χ3v) is 4.53. The zero-order valence-corrected chi connectivity index (χ0v) is 16.9. The summed E-state index contributed by atoms with van der Waals surface area (Å²) in [5.41, 5.74) is 2.52. The lowest BCUT2D eigenvalue weighted by molar-refractivity contribution is -0.384. The molecule has 0 bridgehead atoms. The molecule has 4 rings (SSSR count). The van der Waals surface area contributed by atoms with Crippen molar-refractivity contribution in [3.8, 4) is 0 Å². The van der Waals surface area contributed by atoms with Crippen molar-refractivity contribution in [1.29, 1.82) is 0 Å². The van der Waals surface area contributed by atoms with E-state index in [-0.39, 0.29) is 17.2 Å². The first-order valence-corrected chi connectivity index (χ1v) is 9.51. The van der Waals surface area contributed by atoms with Gasteiger partial charge in [0.1, 0.15) is 0 Å². The molecule has 0 saturated heterocycles. The van der Waals surface area contributed by atoms with E-state index in [1.54, 1.807) is 19.2 Å². The highest BCUT2D eigenvalue weighted by molar-refractivity contribution is 6.08. The van der Waals surface area contributed by atoms with Gasteiger partial charge in [-0.2, -0.15) is 0 Å². The minimum absolute atomic E-state index is 0.0775. The molecule has 32 heavy (non-hydrogen) atoms. The Morgan fingerprint density at radius 1 is 0.938 bits per heavy atom. The van der Waals surface area contributed by atoms with Gasteiger partial charge in [0, 0.05) is 36.2 Å². The molecule has 0 aliphatic rings. The minimum Gasteiger partial charge on any atom is -0.356 e. The predicted octanol–water partition coefficient (Wildman–Crippen LogP) is 3.86. The molecular formula is C21H18N8O3. The van der Waals surface area contributed by atoms with E-state index < -0.39 is 10.8 Å². The fraction of sp³-hybridized carbons (Fsp3) is 0.0476. The van der Waals surface area contributed by atoms with Crippen LogP contribution in [0.3, 0.4) is 0 Å². The molecule has 11 nitrogen and oxygen atoms in total. The van der Waals surface area contributed by atoms with Crippen LogP contribution in [-0.2, 0) is 7.05 Å². The molecule has 4 aromatic rings. The molecule has 1 amide bonds. The summed E-state index contributed by atoms with van der Waals surface area (Å²) in [6.45, 7) is 0. The SMILES string of the molecule is Cn1nnnc1Nc1ccc([N+](=O)[O-])cc1C(=O)Nc1ccc(Nc2ccccc2)cc1. The van der Waals surface area contributed by atoms with Crippen LogP contribution in [-0.4, -0.2) is 31.0 Å². The molecule has 0 saturated carbocycles. The number of nitro benzene ring substituents is 1. The highest BCUT2D eigenvalue weighted by atomic mass is 16.6. The average molecular weight is 430 g/mol. The number of amides is 1. The molecule has 0 aliphatic carbocycles. The third kappa shape index (κ3) is 4.67. The largest absolute Gasteiger partial charge is 0.356 e. The smallest absolute Gasteiger partial charge is 0.270 e. The van der Waals surface area contributed by atoms with Crippen LogP contribution in [0.4, 0.5) is 34.4 Å². The van der Waals surface area contributed by atoms with Gasteiger partial charge in [0.2, 0.25) is 5.95 Å². The Labute approximate surface area is 182 Å². The predicted molar refractivity (Wildman–Crippen MR) is 119 cm³/mol. The topological polar surface area (TPSA) is 140 Å². The summed E-state index contributed by atoms with van der Waals surface area (Å²) in [4.78, 5) is 23.6. The number of nitrogens with zero attached hydrogens (tertiary/aromatic N) is 5. The van der Waals surface area contributed by atoms with Crippen molar-refractivity contribution in [2.45, 2.75) is 0 Å². The zero-order chi connectivity index (χ0) is 22.5. The van der Waals surface area contributed by atoms with Crippen molar-refractivity contribution in [2.24, 2.45) is 7.05 Å². The molecule has 11 heteroatoms. The van der Waals surface area contributed by atoms with E-state index in [2.05, 4.69) is 31.5 Å². The Hall–Kier alpha value is -4.80. The number of anilines is 5. The number of carbonyl (C=O) groups excluding carboxylic acids is 1. The van der Waals surface area contributed by atoms with Crippen LogP contribution in [0.1, 0.15) is 10.4 Å². The first-order valence-electron chi connectivity index (χ1n) is 9.51. The van der Waals surface area contributed by atoms with Gasteiger partial charge in [-0.15, -0.1) is 0 Å². The number of hydrogen-bond acceptors (Lipinski definition) is 8. The Morgan fingerprint density at radius 3 is 2.28 bits per heavy atom. The number of tetrazole rings is 1. The molecule has 3 N–H and O–H groups in total. The maximum absolute atomic E-state index is 13.0. The quantitative estimate of drug-likeness (QED) is 0.297. The molecule has 160 valence electrons. The number of nitrogens with one attached hydrogen (secondary N) is 3. The summed E-state index contributed by atoms with van der Waals surface area (Å²) < 4.78 is 1.38. The minimum atomic E-state index is -0.561. The molecule has 0 aliphatic heterocycles. The van der Waals surface area contributed by atoms with Crippen molar-refractivity contribution in [3.63, 3.8) is 0 Å². The number of non-ortho nitro benzene ring substituents is 1. The number of rotatable bonds is 7. The van der Waals surface area contributed by atoms with E-state index in [9.17, 15) is 14.9 Å². The van der Waals surface area contributed by atoms with Crippen molar-refractivity contribution in [1.82, 2.24) is 20.2 Å². The van der Waals surface area contributed by atoms with Gasteiger partial charge >= 0.3 is 0 Å². The van der Waals surface area contributed by atoms with Crippen LogP contribution in [0.25, 0.3) is 0 Å². The van der Waals surface area contributed by atoms with Gasteiger partial charge in [-0.1, -0.05) is 23.3 Å². The van der Waals surface area contributed by atoms with Gasteiger partial charge in [-0.3, -0.25) is 14.9 Å². The molecular weight excluding hydrogens is 412 g/mol. The normalized spacial score (nSPS) is 10.4. The lowest BCUT2D eigenvalue weighted by atomic mass is 10.1. The number of nitro groups is 1. The van der Waals surface area contributed by atoms with Gasteiger partial charge in [0.15, 0.2) is 0 Å². The second-order valence-electron chi connectivity index (χ2n) is 6.76. The fourth-order valence-corrected chi connectivity index (χ4v) is 2.92. The van der Waals surface area contributed by atoms with E-state index in [0.29, 0.717) is 11.4 Å². The highest BCUT2D eigenvalue weighted by Crippen LogP contribution is 2.26. The van der Waals surface area contributed by atoms with Gasteiger partial charge < -0.3 is 16.0 Å². The maximum atomic E-state index is 13.0. The summed E-state index contributed by atoms with van der Waals surface area (Å²) in [5, 5.41) is 31.2. The number of carbonyl (C=O) groups is 1. The first kappa shape index (κ1) is 20.5. The summed E-state index contributed by atoms with van der Waals surface area (Å²) in [5.74, 6) is -0.237. The summed E-state index contributed by atoms with van der Waals surface area (Å²) >= 11 is 0. The first-order chi connectivity index (χ1) is 15.5. The van der Waals surface area contributed by atoms with E-state index >= 15 is 0 Å². The van der Waals surface area contributed by atoms with Crippen molar-refractivity contribution in [3.05, 3.63) is 88.5 Å². The number of aryl methyl sites for hydroxylation is 1. The third-order valence-electron chi connectivity index (χ3n) is 4.53. The summed E-state index contributed by atoms with van der Waals surface area (Å²) in [6, 6.07) is 20.7. The van der Waals surface area contributed by atoms with Gasteiger partial charge in [0.25, 0.3) is 11.6 Å². The maximum Gasteiger partial charge on any atom is 0.270 e. The zero-order valence-electron chi connectivity index (χ0n) is 16.9. The highest BCUT2D eigenvalue weighted by Gasteiger charge is 2.18. The summed E-state index contributed by atoms with van der Waals surface area (Å²) in [7, 11) is 1.62. The summed E-state index contributed by atoms with van der Waals surface area (Å²) in [6.07, 6.45) is 0. The lowest BCUT2D eigenvalue weighted by Crippen LogP contribution is -2.15. The molecule has 0 atom stereocenters. The fourth-order valence-electron chi connectivity index (χ4n) is 2.92. The van der Waals surface area contributed by atoms with E-state index in [0.717, 1.165) is 11.4 Å². The van der Waals surface area contributed by atoms with Crippen LogP contribution in [0, 0.1) is 10.1 Å². The van der Waals surface area contributed by atoms with Gasteiger partial charge in [-0.05, 0) is 52.9 Å². The van der Waals surface area contributed by atoms with Crippen LogP contribution in [0.5, 0.6) is 0 Å². The Bertz CT molecular complexity index is 1260. The molecule has 1 heterocycles. The molecule has 0 unspecified atom stereocenters. The molecule has 0 fully saturated rings. The van der Waals surface area contributed by atoms with Crippen molar-refractivity contribution >= 4 is 40.3 Å². The number of aromatic nitrogens is 4. The standard InChI is InChI=1S/C21H18N8O3/c1-28-21(25-26-27-28)24-19-12-11-17(29(31)32)13-18(19)20(30)23-16-9-7-15(8-10-16)22-14-5-3-2-4-6-14/h2-13,22H,1H3,(H,23,30)(H,24,25,27). The second kappa shape index (κ2) is 8.92. The average Bonchev–Trinajstić information content (AvgIpc) is 3.20. The van der Waals surface area contributed by atoms with Crippen molar-refractivity contribution in [2.75, 3.05) is 16.0 Å². The molecule has 1 aromatic heterocycles. The van der Waals surface area contributed by atoms with E-state index in [1.807, 2.05) is 42.5 Å². The van der Waals surface area contributed by atoms with Crippen LogP contribution >= 0.6 is 0 Å². The van der Waals surface area contributed by atoms with Crippen LogP contribution in [0.15, 0.2) is 72.8 Å². The van der Waals surface area contributed by atoms with Crippen LogP contribution < -0.4 is 16.0 Å².